The SMILES string of the molecule is Cc1ccc(CCNC(=O)CCC23CC4(N)CC(CCC(=O)NCCc5ccc(O)c(O)c5)(C2)CC(CCC(=O)NCCc2ccc(O)c(O)c2)(C4)C3)cc1O. The molecule has 4 fully saturated rings. The number of nitrogens with one attached hydrogen (secondary N) is 3. The molecule has 4 saturated carbocycles. The second kappa shape index (κ2) is 16.6. The highest BCUT2D eigenvalue weighted by Crippen LogP contribution is 2.73. The van der Waals surface area contributed by atoms with Gasteiger partial charge in [0.05, 0.1) is 0 Å². The van der Waals surface area contributed by atoms with Crippen LogP contribution in [0.25, 0.3) is 0 Å². The zero-order chi connectivity index (χ0) is 40.1. The summed E-state index contributed by atoms with van der Waals surface area (Å²) in [4.78, 5) is 39.7. The molecule has 4 bridgehead atoms. The highest BCUT2D eigenvalue weighted by atomic mass is 16.3. The first-order valence-electron chi connectivity index (χ1n) is 20.0. The number of phenols is 5. The molecule has 7 rings (SSSR count). The maximum Gasteiger partial charge on any atom is 0.220 e. The lowest BCUT2D eigenvalue weighted by Crippen LogP contribution is -2.67. The summed E-state index contributed by atoms with van der Waals surface area (Å²) in [5, 5.41) is 58.0. The lowest BCUT2D eigenvalue weighted by molar-refractivity contribution is -0.179. The van der Waals surface area contributed by atoms with E-state index in [-0.39, 0.29) is 62.7 Å². The summed E-state index contributed by atoms with van der Waals surface area (Å²) in [6.45, 7) is 3.11. The van der Waals surface area contributed by atoms with E-state index in [0.29, 0.717) is 77.4 Å². The molecule has 0 aromatic heterocycles. The standard InChI is InChI=1S/C44H58N4O8/c1-29-2-3-30(20-35(29)51)11-17-46-38(54)8-14-41-23-42(15-9-39(55)47-18-12-31-4-6-33(49)36(52)21-31)25-43(24-41,28-44(45,26-41)27-42)16-10-40(56)48-19-13-32-5-7-34(50)37(53)22-32/h2-7,20-22,49-53H,8-19,23-28,45H2,1H3,(H,46,54)(H,47,55)(H,48,56). The van der Waals surface area contributed by atoms with Crippen LogP contribution in [0, 0.1) is 23.2 Å². The summed E-state index contributed by atoms with van der Waals surface area (Å²) in [5.41, 5.74) is 9.66. The highest BCUT2D eigenvalue weighted by Gasteiger charge is 2.66. The van der Waals surface area contributed by atoms with Gasteiger partial charge in [0.2, 0.25) is 17.7 Å². The Morgan fingerprint density at radius 3 is 1.20 bits per heavy atom. The van der Waals surface area contributed by atoms with E-state index < -0.39 is 5.54 Å². The van der Waals surface area contributed by atoms with Crippen LogP contribution in [0.15, 0.2) is 54.6 Å². The van der Waals surface area contributed by atoms with Crippen LogP contribution in [0.4, 0.5) is 0 Å². The van der Waals surface area contributed by atoms with E-state index in [1.165, 1.54) is 24.3 Å². The molecule has 2 unspecified atom stereocenters. The van der Waals surface area contributed by atoms with E-state index in [1.807, 2.05) is 19.1 Å². The molecular formula is C44H58N4O8. The Labute approximate surface area is 328 Å². The average molecular weight is 771 g/mol. The Bertz CT molecular complexity index is 1710. The van der Waals surface area contributed by atoms with Crippen LogP contribution >= 0.6 is 0 Å². The predicted molar refractivity (Wildman–Crippen MR) is 212 cm³/mol. The van der Waals surface area contributed by atoms with Crippen molar-refractivity contribution >= 4 is 17.7 Å². The van der Waals surface area contributed by atoms with Gasteiger partial charge in [-0.15, -0.1) is 0 Å². The van der Waals surface area contributed by atoms with Gasteiger partial charge in [0.15, 0.2) is 23.0 Å². The third kappa shape index (κ3) is 10.1. The molecule has 0 heterocycles. The lowest BCUT2D eigenvalue weighted by atomic mass is 9.36. The van der Waals surface area contributed by atoms with Gasteiger partial charge in [-0.3, -0.25) is 14.4 Å². The van der Waals surface area contributed by atoms with Crippen molar-refractivity contribution in [2.75, 3.05) is 19.6 Å². The molecule has 4 aliphatic rings. The number of hydrogen-bond donors (Lipinski definition) is 9. The summed E-state index contributed by atoms with van der Waals surface area (Å²) < 4.78 is 0. The fourth-order valence-electron chi connectivity index (χ4n) is 10.9. The molecule has 302 valence electrons. The second-order valence-electron chi connectivity index (χ2n) is 17.5. The summed E-state index contributed by atoms with van der Waals surface area (Å²) in [5.74, 6) is -0.638. The molecule has 2 atom stereocenters. The Morgan fingerprint density at radius 2 is 0.857 bits per heavy atom. The number of amides is 3. The Balaban J connectivity index is 1.08. The van der Waals surface area contributed by atoms with Crippen molar-refractivity contribution in [3.8, 4) is 28.7 Å². The first kappa shape index (κ1) is 40.7. The molecule has 3 amide bonds. The van der Waals surface area contributed by atoms with Gasteiger partial charge in [0.1, 0.15) is 5.75 Å². The summed E-state index contributed by atoms with van der Waals surface area (Å²) in [7, 11) is 0. The first-order valence-corrected chi connectivity index (χ1v) is 20.0. The number of aromatic hydroxyl groups is 5. The number of nitrogens with two attached hydrogens (primary N) is 1. The third-order valence-corrected chi connectivity index (χ3v) is 12.6. The average Bonchev–Trinajstić information content (AvgIpc) is 3.13. The molecular weight excluding hydrogens is 713 g/mol. The minimum Gasteiger partial charge on any atom is -0.508 e. The number of carbonyl (C=O) groups is 3. The van der Waals surface area contributed by atoms with Gasteiger partial charge in [-0.25, -0.2) is 0 Å². The molecule has 0 aliphatic heterocycles. The maximum absolute atomic E-state index is 13.2. The van der Waals surface area contributed by atoms with Crippen molar-refractivity contribution in [1.82, 2.24) is 16.0 Å². The van der Waals surface area contributed by atoms with Gasteiger partial charge in [-0.1, -0.05) is 24.3 Å². The molecule has 12 nitrogen and oxygen atoms in total. The first-order chi connectivity index (χ1) is 26.6. The monoisotopic (exact) mass is 770 g/mol. The fraction of sp³-hybridized carbons (Fsp3) is 0.523. The van der Waals surface area contributed by atoms with E-state index in [2.05, 4.69) is 16.0 Å². The van der Waals surface area contributed by atoms with Crippen molar-refractivity contribution < 1.29 is 39.9 Å². The minimum absolute atomic E-state index is 0.0195. The highest BCUT2D eigenvalue weighted by molar-refractivity contribution is 5.77. The fourth-order valence-corrected chi connectivity index (χ4v) is 10.9. The van der Waals surface area contributed by atoms with Crippen LogP contribution < -0.4 is 21.7 Å². The van der Waals surface area contributed by atoms with Gasteiger partial charge in [0.25, 0.3) is 0 Å². The van der Waals surface area contributed by atoms with Crippen LogP contribution in [0.1, 0.15) is 99.3 Å². The maximum atomic E-state index is 13.2. The predicted octanol–water partition coefficient (Wildman–Crippen LogP) is 5.28. The van der Waals surface area contributed by atoms with Crippen molar-refractivity contribution in [2.24, 2.45) is 22.0 Å². The molecule has 12 heteroatoms. The third-order valence-electron chi connectivity index (χ3n) is 12.6. The summed E-state index contributed by atoms with van der Waals surface area (Å²) in [6.07, 6.45) is 9.80. The van der Waals surface area contributed by atoms with Gasteiger partial charge in [-0.05, 0) is 153 Å². The number of benzene rings is 3. The second-order valence-corrected chi connectivity index (χ2v) is 17.5. The molecule has 4 aliphatic carbocycles. The normalized spacial score (nSPS) is 24.8. The van der Waals surface area contributed by atoms with Crippen molar-refractivity contribution in [3.63, 3.8) is 0 Å². The largest absolute Gasteiger partial charge is 0.508 e. The molecule has 10 N–H and O–H groups in total. The molecule has 0 spiro atoms. The lowest BCUT2D eigenvalue weighted by Gasteiger charge is -2.70. The number of aryl methyl sites for hydroxylation is 1. The van der Waals surface area contributed by atoms with Gasteiger partial charge in [-0.2, -0.15) is 0 Å². The van der Waals surface area contributed by atoms with E-state index >= 15 is 0 Å². The van der Waals surface area contributed by atoms with Crippen LogP contribution in [0.2, 0.25) is 0 Å². The summed E-state index contributed by atoms with van der Waals surface area (Å²) >= 11 is 0. The van der Waals surface area contributed by atoms with E-state index in [9.17, 15) is 39.9 Å². The summed E-state index contributed by atoms with van der Waals surface area (Å²) in [6, 6.07) is 14.9. The minimum atomic E-state index is -0.451. The van der Waals surface area contributed by atoms with Gasteiger partial charge < -0.3 is 47.2 Å². The molecule has 0 radical (unpaired) electrons. The zero-order valence-electron chi connectivity index (χ0n) is 32.5. The van der Waals surface area contributed by atoms with E-state index in [0.717, 1.165) is 60.8 Å². The van der Waals surface area contributed by atoms with Crippen molar-refractivity contribution in [3.05, 3.63) is 76.9 Å². The molecule has 3 aromatic carbocycles. The van der Waals surface area contributed by atoms with Gasteiger partial charge in [0, 0.05) is 44.4 Å². The number of phenolic OH excluding ortho intramolecular Hbond substituents is 5. The Kier molecular flexibility index (Phi) is 12.1. The Morgan fingerprint density at radius 1 is 0.518 bits per heavy atom. The molecule has 0 saturated heterocycles. The number of carbonyl (C=O) groups excluding carboxylic acids is 3. The smallest absolute Gasteiger partial charge is 0.220 e. The zero-order valence-corrected chi connectivity index (χ0v) is 32.5. The van der Waals surface area contributed by atoms with Gasteiger partial charge >= 0.3 is 0 Å². The van der Waals surface area contributed by atoms with Crippen LogP contribution in [0.3, 0.4) is 0 Å². The molecule has 3 aromatic rings. The molecule has 56 heavy (non-hydrogen) atoms. The topological polar surface area (TPSA) is 214 Å². The van der Waals surface area contributed by atoms with Crippen molar-refractivity contribution in [1.29, 1.82) is 0 Å². The Hall–Kier alpha value is -4.97. The van der Waals surface area contributed by atoms with Crippen molar-refractivity contribution in [2.45, 2.75) is 109 Å². The van der Waals surface area contributed by atoms with Crippen LogP contribution in [-0.4, -0.2) is 68.4 Å². The van der Waals surface area contributed by atoms with Crippen LogP contribution in [0.5, 0.6) is 28.7 Å². The van der Waals surface area contributed by atoms with E-state index in [4.69, 9.17) is 5.73 Å². The number of hydrogen-bond acceptors (Lipinski definition) is 9. The number of rotatable bonds is 18. The quantitative estimate of drug-likeness (QED) is 0.0769. The van der Waals surface area contributed by atoms with Crippen LogP contribution in [-0.2, 0) is 33.6 Å². The van der Waals surface area contributed by atoms with E-state index in [1.54, 1.807) is 18.2 Å².